The number of carbonyl (C=O) groups excluding carboxylic acids is 2. The fourth-order valence-corrected chi connectivity index (χ4v) is 2.97. The fourth-order valence-electron chi connectivity index (χ4n) is 2.75. The number of hydrogen-bond acceptors (Lipinski definition) is 5. The van der Waals surface area contributed by atoms with Crippen LogP contribution in [-0.4, -0.2) is 37.3 Å². The molecular weight excluding hydrogens is 430 g/mol. The number of nitrogens with zero attached hydrogens (tertiary/aromatic N) is 1. The molecule has 2 N–H and O–H groups in total. The topological polar surface area (TPSA) is 89.0 Å². The number of halogens is 1. The van der Waals surface area contributed by atoms with Gasteiger partial charge >= 0.3 is 0 Å². The molecule has 0 saturated carbocycles. The summed E-state index contributed by atoms with van der Waals surface area (Å²) in [5, 5.41) is 7.03. The summed E-state index contributed by atoms with van der Waals surface area (Å²) < 4.78 is 11.0. The summed E-state index contributed by atoms with van der Waals surface area (Å²) >= 11 is 6.07. The molecule has 0 spiro atoms. The minimum absolute atomic E-state index is 0.125. The van der Waals surface area contributed by atoms with Crippen molar-refractivity contribution in [3.63, 3.8) is 0 Å². The highest BCUT2D eigenvalue weighted by Crippen LogP contribution is 2.28. The molecule has 0 fully saturated rings. The van der Waals surface area contributed by atoms with E-state index in [0.717, 1.165) is 0 Å². The van der Waals surface area contributed by atoms with Crippen molar-refractivity contribution in [3.8, 4) is 23.8 Å². The molecule has 0 saturated heterocycles. The van der Waals surface area contributed by atoms with Gasteiger partial charge in [-0.15, -0.1) is 6.42 Å². The first-order valence-corrected chi connectivity index (χ1v) is 10.5. The summed E-state index contributed by atoms with van der Waals surface area (Å²) in [5.74, 6) is 2.39. The van der Waals surface area contributed by atoms with Crippen LogP contribution in [0.3, 0.4) is 0 Å². The van der Waals surface area contributed by atoms with E-state index in [9.17, 15) is 9.59 Å². The first-order chi connectivity index (χ1) is 15.4. The zero-order chi connectivity index (χ0) is 23.5. The zero-order valence-corrected chi connectivity index (χ0v) is 19.0. The van der Waals surface area contributed by atoms with Crippen molar-refractivity contribution < 1.29 is 19.1 Å². The lowest BCUT2D eigenvalue weighted by Gasteiger charge is -2.20. The van der Waals surface area contributed by atoms with Gasteiger partial charge in [0, 0.05) is 0 Å². The largest absolute Gasteiger partial charge is 0.490 e. The van der Waals surface area contributed by atoms with E-state index in [0.29, 0.717) is 34.3 Å². The van der Waals surface area contributed by atoms with E-state index in [2.05, 4.69) is 21.8 Å². The van der Waals surface area contributed by atoms with Gasteiger partial charge < -0.3 is 14.8 Å². The van der Waals surface area contributed by atoms with Crippen LogP contribution >= 0.6 is 11.6 Å². The quantitative estimate of drug-likeness (QED) is 0.325. The summed E-state index contributed by atoms with van der Waals surface area (Å²) in [7, 11) is 0. The van der Waals surface area contributed by atoms with Gasteiger partial charge in [-0.1, -0.05) is 43.5 Å². The molecule has 2 amide bonds. The molecule has 2 aromatic carbocycles. The number of rotatable bonds is 10. The SMILES string of the molecule is C#CCOc1ccc(/C=N/NC(=O)C(NC(=O)c2ccccc2Cl)C(C)C)cc1OCC. The van der Waals surface area contributed by atoms with Crippen LogP contribution in [0.5, 0.6) is 11.5 Å². The van der Waals surface area contributed by atoms with Crippen LogP contribution in [0.25, 0.3) is 0 Å². The Morgan fingerprint density at radius 3 is 2.59 bits per heavy atom. The number of benzene rings is 2. The van der Waals surface area contributed by atoms with Crippen molar-refractivity contribution in [1.29, 1.82) is 0 Å². The zero-order valence-electron chi connectivity index (χ0n) is 18.2. The maximum Gasteiger partial charge on any atom is 0.262 e. The van der Waals surface area contributed by atoms with Crippen molar-refractivity contribution in [2.45, 2.75) is 26.8 Å². The molecule has 32 heavy (non-hydrogen) atoms. The van der Waals surface area contributed by atoms with Gasteiger partial charge in [-0.2, -0.15) is 5.10 Å². The highest BCUT2D eigenvalue weighted by Gasteiger charge is 2.25. The fraction of sp³-hybridized carbons (Fsp3) is 0.292. The molecular formula is C24H26ClN3O4. The van der Waals surface area contributed by atoms with Crippen molar-refractivity contribution in [2.24, 2.45) is 11.0 Å². The third-order valence-corrected chi connectivity index (χ3v) is 4.65. The van der Waals surface area contributed by atoms with Gasteiger partial charge in [-0.05, 0) is 48.7 Å². The van der Waals surface area contributed by atoms with Crippen molar-refractivity contribution in [2.75, 3.05) is 13.2 Å². The Kier molecular flexibility index (Phi) is 9.58. The van der Waals surface area contributed by atoms with Gasteiger partial charge in [-0.3, -0.25) is 9.59 Å². The second kappa shape index (κ2) is 12.4. The molecule has 2 rings (SSSR count). The molecule has 2 aromatic rings. The van der Waals surface area contributed by atoms with Gasteiger partial charge in [0.2, 0.25) is 0 Å². The minimum Gasteiger partial charge on any atom is -0.490 e. The van der Waals surface area contributed by atoms with E-state index in [1.807, 2.05) is 20.8 Å². The summed E-state index contributed by atoms with van der Waals surface area (Å²) in [6.07, 6.45) is 6.70. The third-order valence-electron chi connectivity index (χ3n) is 4.32. The van der Waals surface area contributed by atoms with Crippen molar-refractivity contribution in [1.82, 2.24) is 10.7 Å². The molecule has 0 heterocycles. The molecule has 0 aliphatic heterocycles. The second-order valence-electron chi connectivity index (χ2n) is 7.04. The van der Waals surface area contributed by atoms with Crippen LogP contribution in [0.1, 0.15) is 36.7 Å². The van der Waals surface area contributed by atoms with E-state index >= 15 is 0 Å². The Hall–Kier alpha value is -3.50. The lowest BCUT2D eigenvalue weighted by Crippen LogP contribution is -2.48. The molecule has 8 heteroatoms. The Balaban J connectivity index is 2.06. The van der Waals surface area contributed by atoms with Crippen LogP contribution in [0.4, 0.5) is 0 Å². The van der Waals surface area contributed by atoms with Crippen LogP contribution in [-0.2, 0) is 4.79 Å². The highest BCUT2D eigenvalue weighted by atomic mass is 35.5. The lowest BCUT2D eigenvalue weighted by atomic mass is 10.0. The molecule has 0 bridgehead atoms. The Labute approximate surface area is 193 Å². The summed E-state index contributed by atoms with van der Waals surface area (Å²) in [4.78, 5) is 25.2. The van der Waals surface area contributed by atoms with Gasteiger partial charge in [0.25, 0.3) is 11.8 Å². The number of hydrazone groups is 1. The van der Waals surface area contributed by atoms with Crippen LogP contribution in [0, 0.1) is 18.3 Å². The maximum absolute atomic E-state index is 12.6. The van der Waals surface area contributed by atoms with Gasteiger partial charge in [0.1, 0.15) is 12.6 Å². The predicted octanol–water partition coefficient (Wildman–Crippen LogP) is 3.66. The summed E-state index contributed by atoms with van der Waals surface area (Å²) in [6, 6.07) is 11.0. The lowest BCUT2D eigenvalue weighted by molar-refractivity contribution is -0.123. The average molecular weight is 456 g/mol. The first kappa shape index (κ1) is 24.8. The van der Waals surface area contributed by atoms with Gasteiger partial charge in [0.15, 0.2) is 11.5 Å². The van der Waals surface area contributed by atoms with E-state index in [1.54, 1.807) is 42.5 Å². The van der Waals surface area contributed by atoms with Gasteiger partial charge in [-0.25, -0.2) is 5.43 Å². The number of ether oxygens (including phenoxy) is 2. The molecule has 0 aliphatic rings. The second-order valence-corrected chi connectivity index (χ2v) is 7.45. The summed E-state index contributed by atoms with van der Waals surface area (Å²) in [6.45, 7) is 6.08. The van der Waals surface area contributed by atoms with E-state index < -0.39 is 17.9 Å². The Morgan fingerprint density at radius 2 is 1.94 bits per heavy atom. The highest BCUT2D eigenvalue weighted by molar-refractivity contribution is 6.33. The Bertz CT molecular complexity index is 1010. The molecule has 0 aromatic heterocycles. The number of hydrogen-bond donors (Lipinski definition) is 2. The number of terminal acetylenes is 1. The van der Waals surface area contributed by atoms with E-state index in [-0.39, 0.29) is 12.5 Å². The Morgan fingerprint density at radius 1 is 1.19 bits per heavy atom. The van der Waals surface area contributed by atoms with Crippen LogP contribution < -0.4 is 20.2 Å². The average Bonchev–Trinajstić information content (AvgIpc) is 2.77. The van der Waals surface area contributed by atoms with Crippen LogP contribution in [0.2, 0.25) is 5.02 Å². The molecule has 0 radical (unpaired) electrons. The molecule has 0 aliphatic carbocycles. The van der Waals surface area contributed by atoms with Crippen LogP contribution in [0.15, 0.2) is 47.6 Å². The van der Waals surface area contributed by atoms with Crippen molar-refractivity contribution in [3.05, 3.63) is 58.6 Å². The number of amides is 2. The number of nitrogens with one attached hydrogen (secondary N) is 2. The predicted molar refractivity (Wildman–Crippen MR) is 125 cm³/mol. The normalized spacial score (nSPS) is 11.6. The smallest absolute Gasteiger partial charge is 0.262 e. The number of carbonyl (C=O) groups is 2. The third kappa shape index (κ3) is 7.03. The maximum atomic E-state index is 12.6. The van der Waals surface area contributed by atoms with E-state index in [1.165, 1.54) is 6.21 Å². The van der Waals surface area contributed by atoms with Gasteiger partial charge in [0.05, 0.1) is 23.4 Å². The molecule has 1 atom stereocenters. The van der Waals surface area contributed by atoms with E-state index in [4.69, 9.17) is 27.5 Å². The molecule has 1 unspecified atom stereocenters. The standard InChI is InChI=1S/C24H26ClN3O4/c1-5-13-32-20-12-11-17(14-21(20)31-6-2)15-26-28-24(30)22(16(3)4)27-23(29)18-9-7-8-10-19(18)25/h1,7-12,14-16,22H,6,13H2,2-4H3,(H,27,29)(H,28,30)/b26-15+. The minimum atomic E-state index is -0.797. The monoisotopic (exact) mass is 455 g/mol. The molecule has 7 nitrogen and oxygen atoms in total. The molecule has 168 valence electrons. The summed E-state index contributed by atoms with van der Waals surface area (Å²) in [5.41, 5.74) is 3.45. The van der Waals surface area contributed by atoms with Crippen molar-refractivity contribution >= 4 is 29.6 Å². The first-order valence-electron chi connectivity index (χ1n) is 10.1.